The highest BCUT2D eigenvalue weighted by Crippen LogP contribution is 2.30. The number of nitrogens with one attached hydrogen (secondary N) is 1. The van der Waals surface area contributed by atoms with Crippen LogP contribution in [0.15, 0.2) is 52.0 Å². The van der Waals surface area contributed by atoms with Gasteiger partial charge in [-0.3, -0.25) is 4.79 Å². The fourth-order valence-electron chi connectivity index (χ4n) is 4.09. The maximum atomic E-state index is 13.2. The molecule has 1 aliphatic rings. The van der Waals surface area contributed by atoms with Gasteiger partial charge >= 0.3 is 0 Å². The van der Waals surface area contributed by atoms with Gasteiger partial charge in [-0.15, -0.1) is 0 Å². The lowest BCUT2D eigenvalue weighted by molar-refractivity contribution is 0.0667. The van der Waals surface area contributed by atoms with Gasteiger partial charge in [0.25, 0.3) is 5.91 Å². The lowest BCUT2D eigenvalue weighted by Crippen LogP contribution is -2.50. The summed E-state index contributed by atoms with van der Waals surface area (Å²) in [6.07, 6.45) is 3.08. The first kappa shape index (κ1) is 20.5. The van der Waals surface area contributed by atoms with Crippen LogP contribution in [0.1, 0.15) is 16.1 Å². The number of carbonyl (C=O) groups excluding carboxylic acids is 1. The summed E-state index contributed by atoms with van der Waals surface area (Å²) in [7, 11) is -2.12. The van der Waals surface area contributed by atoms with Crippen molar-refractivity contribution in [1.29, 1.82) is 0 Å². The van der Waals surface area contributed by atoms with Crippen LogP contribution in [0.3, 0.4) is 0 Å². The molecule has 9 nitrogen and oxygen atoms in total. The van der Waals surface area contributed by atoms with E-state index in [0.29, 0.717) is 22.4 Å². The molecule has 1 saturated heterocycles. The second kappa shape index (κ2) is 7.64. The van der Waals surface area contributed by atoms with Gasteiger partial charge in [0.05, 0.1) is 7.11 Å². The third-order valence-electron chi connectivity index (χ3n) is 5.89. The topological polar surface area (TPSA) is 109 Å². The molecular formula is C22H22N4O5S. The number of H-pyrrole nitrogens is 1. The van der Waals surface area contributed by atoms with Gasteiger partial charge < -0.3 is 19.0 Å². The van der Waals surface area contributed by atoms with E-state index in [1.54, 1.807) is 42.5 Å². The van der Waals surface area contributed by atoms with Crippen molar-refractivity contribution in [3.63, 3.8) is 0 Å². The Morgan fingerprint density at radius 3 is 2.69 bits per heavy atom. The molecule has 0 radical (unpaired) electrons. The summed E-state index contributed by atoms with van der Waals surface area (Å²) in [5.74, 6) is 0.713. The number of benzene rings is 1. The van der Waals surface area contributed by atoms with E-state index < -0.39 is 10.0 Å². The number of amides is 1. The zero-order valence-corrected chi connectivity index (χ0v) is 18.5. The number of nitrogens with zero attached hydrogens (tertiary/aromatic N) is 3. The van der Waals surface area contributed by atoms with Gasteiger partial charge in [0.2, 0.25) is 10.0 Å². The van der Waals surface area contributed by atoms with Gasteiger partial charge in [-0.25, -0.2) is 13.4 Å². The van der Waals surface area contributed by atoms with Crippen LogP contribution in [-0.4, -0.2) is 66.8 Å². The molecule has 1 amide bonds. The maximum Gasteiger partial charge on any atom is 0.289 e. The molecule has 1 aliphatic heterocycles. The van der Waals surface area contributed by atoms with Crippen LogP contribution in [0.2, 0.25) is 0 Å². The predicted molar refractivity (Wildman–Crippen MR) is 118 cm³/mol. The molecule has 1 fully saturated rings. The van der Waals surface area contributed by atoms with Crippen LogP contribution in [0.25, 0.3) is 22.0 Å². The summed E-state index contributed by atoms with van der Waals surface area (Å²) >= 11 is 0. The second-order valence-corrected chi connectivity index (χ2v) is 9.57. The number of fused-ring (bicyclic) bond motifs is 2. The molecule has 0 spiro atoms. The number of aromatic nitrogens is 2. The second-order valence-electron chi connectivity index (χ2n) is 7.67. The number of sulfonamides is 1. The molecule has 3 aromatic heterocycles. The summed E-state index contributed by atoms with van der Waals surface area (Å²) in [6.45, 7) is 2.80. The van der Waals surface area contributed by atoms with Crippen molar-refractivity contribution in [3.05, 3.63) is 54.0 Å². The number of hydrogen-bond donors (Lipinski definition) is 1. The molecule has 5 rings (SSSR count). The van der Waals surface area contributed by atoms with E-state index in [2.05, 4.69) is 9.97 Å². The van der Waals surface area contributed by atoms with Crippen LogP contribution < -0.4 is 4.74 Å². The van der Waals surface area contributed by atoms with Crippen molar-refractivity contribution < 1.29 is 22.4 Å². The Bertz CT molecular complexity index is 1430. The Labute approximate surface area is 184 Å². The Morgan fingerprint density at radius 1 is 1.16 bits per heavy atom. The monoisotopic (exact) mass is 454 g/mol. The van der Waals surface area contributed by atoms with Crippen molar-refractivity contribution in [2.45, 2.75) is 11.8 Å². The van der Waals surface area contributed by atoms with Gasteiger partial charge in [-0.2, -0.15) is 4.31 Å². The molecule has 1 N–H and O–H groups in total. The third kappa shape index (κ3) is 3.23. The number of furan rings is 1. The van der Waals surface area contributed by atoms with Crippen LogP contribution in [-0.2, 0) is 10.0 Å². The van der Waals surface area contributed by atoms with Crippen molar-refractivity contribution in [3.8, 4) is 5.75 Å². The van der Waals surface area contributed by atoms with Gasteiger partial charge in [0.15, 0.2) is 5.76 Å². The number of hydrogen-bond acceptors (Lipinski definition) is 6. The Hall–Kier alpha value is -3.37. The molecule has 32 heavy (non-hydrogen) atoms. The normalized spacial score (nSPS) is 15.5. The largest absolute Gasteiger partial charge is 0.497 e. The Balaban J connectivity index is 1.35. The number of rotatable bonds is 4. The highest BCUT2D eigenvalue weighted by molar-refractivity contribution is 7.89. The lowest BCUT2D eigenvalue weighted by atomic mass is 10.1. The molecule has 0 aliphatic carbocycles. The summed E-state index contributed by atoms with van der Waals surface area (Å²) in [6, 6.07) is 8.83. The Kier molecular flexibility index (Phi) is 4.90. The number of aromatic amines is 1. The van der Waals surface area contributed by atoms with Gasteiger partial charge in [-0.05, 0) is 37.3 Å². The minimum absolute atomic E-state index is 0.197. The number of ether oxygens (including phenoxy) is 1. The molecule has 4 aromatic rings. The van der Waals surface area contributed by atoms with Gasteiger partial charge in [0.1, 0.15) is 21.9 Å². The van der Waals surface area contributed by atoms with E-state index in [4.69, 9.17) is 9.15 Å². The Morgan fingerprint density at radius 2 is 1.94 bits per heavy atom. The van der Waals surface area contributed by atoms with Gasteiger partial charge in [-0.1, -0.05) is 0 Å². The number of methoxy groups -OCH3 is 1. The minimum Gasteiger partial charge on any atom is -0.497 e. The van der Waals surface area contributed by atoms with Crippen molar-refractivity contribution in [2.24, 2.45) is 0 Å². The minimum atomic E-state index is -3.71. The number of pyridine rings is 1. The third-order valence-corrected chi connectivity index (χ3v) is 7.83. The first-order valence-electron chi connectivity index (χ1n) is 10.2. The quantitative estimate of drug-likeness (QED) is 0.508. The average molecular weight is 455 g/mol. The van der Waals surface area contributed by atoms with E-state index in [0.717, 1.165) is 10.9 Å². The van der Waals surface area contributed by atoms with E-state index in [9.17, 15) is 13.2 Å². The summed E-state index contributed by atoms with van der Waals surface area (Å²) < 4.78 is 38.9. The van der Waals surface area contributed by atoms with Crippen molar-refractivity contribution in [1.82, 2.24) is 19.2 Å². The van der Waals surface area contributed by atoms with Crippen LogP contribution in [0, 0.1) is 6.92 Å². The van der Waals surface area contributed by atoms with E-state index in [-0.39, 0.29) is 42.7 Å². The smallest absolute Gasteiger partial charge is 0.289 e. The first-order valence-corrected chi connectivity index (χ1v) is 11.6. The van der Waals surface area contributed by atoms with E-state index in [1.165, 1.54) is 10.5 Å². The van der Waals surface area contributed by atoms with Crippen LogP contribution >= 0.6 is 0 Å². The van der Waals surface area contributed by atoms with Crippen molar-refractivity contribution in [2.75, 3.05) is 33.3 Å². The molecule has 0 atom stereocenters. The summed E-state index contributed by atoms with van der Waals surface area (Å²) in [4.78, 5) is 22.0. The first-order chi connectivity index (χ1) is 15.4. The SMILES string of the molecule is COc1ccc2oc(C(=O)N3CCN(S(=O)(=O)c4c[nH]c5ncccc45)CC3)c(C)c2c1. The van der Waals surface area contributed by atoms with Crippen LogP contribution in [0.4, 0.5) is 0 Å². The van der Waals surface area contributed by atoms with E-state index >= 15 is 0 Å². The maximum absolute atomic E-state index is 13.2. The molecular weight excluding hydrogens is 432 g/mol. The fourth-order valence-corrected chi connectivity index (χ4v) is 5.66. The fraction of sp³-hybridized carbons (Fsp3) is 0.273. The molecule has 0 bridgehead atoms. The number of aryl methyl sites for hydroxylation is 1. The summed E-state index contributed by atoms with van der Waals surface area (Å²) in [5, 5.41) is 1.38. The van der Waals surface area contributed by atoms with Crippen LogP contribution in [0.5, 0.6) is 5.75 Å². The average Bonchev–Trinajstić information content (AvgIpc) is 3.40. The lowest BCUT2D eigenvalue weighted by Gasteiger charge is -2.33. The molecule has 1 aromatic carbocycles. The van der Waals surface area contributed by atoms with Crippen molar-refractivity contribution >= 4 is 37.9 Å². The van der Waals surface area contributed by atoms with Gasteiger partial charge in [0, 0.05) is 54.9 Å². The molecule has 0 saturated carbocycles. The summed E-state index contributed by atoms with van der Waals surface area (Å²) in [5.41, 5.74) is 1.88. The zero-order valence-electron chi connectivity index (χ0n) is 17.7. The molecule has 10 heteroatoms. The number of piperazine rings is 1. The standard InChI is InChI=1S/C22H22N4O5S/c1-14-17-12-15(30-2)5-6-18(17)31-20(14)22(27)25-8-10-26(11-9-25)32(28,29)19-13-24-21-16(19)4-3-7-23-21/h3-7,12-13H,8-11H2,1-2H3,(H,23,24). The highest BCUT2D eigenvalue weighted by Gasteiger charge is 2.33. The highest BCUT2D eigenvalue weighted by atomic mass is 32.2. The van der Waals surface area contributed by atoms with E-state index in [1.807, 2.05) is 13.0 Å². The number of carbonyl (C=O) groups is 1. The molecule has 4 heterocycles. The zero-order chi connectivity index (χ0) is 22.5. The predicted octanol–water partition coefficient (Wildman–Crippen LogP) is 2.77. The molecule has 0 unspecified atom stereocenters. The molecule has 166 valence electrons.